The van der Waals surface area contributed by atoms with Crippen LogP contribution in [-0.2, 0) is 0 Å². The summed E-state index contributed by atoms with van der Waals surface area (Å²) in [5, 5.41) is 3.08. The minimum atomic E-state index is -0.0698. The highest BCUT2D eigenvalue weighted by Crippen LogP contribution is 2.30. The number of aryl methyl sites for hydroxylation is 1. The number of hydrogen-bond donors (Lipinski definition) is 1. The predicted molar refractivity (Wildman–Crippen MR) is 123 cm³/mol. The molecule has 0 radical (unpaired) electrons. The molecule has 2 aromatic heterocycles. The van der Waals surface area contributed by atoms with E-state index in [1.165, 1.54) is 5.56 Å². The van der Waals surface area contributed by atoms with Gasteiger partial charge in [0.25, 0.3) is 5.91 Å². The summed E-state index contributed by atoms with van der Waals surface area (Å²) < 4.78 is 3.15. The molecule has 5 aromatic rings. The van der Waals surface area contributed by atoms with Crippen molar-refractivity contribution in [3.8, 4) is 11.3 Å². The molecule has 30 heavy (non-hydrogen) atoms. The summed E-state index contributed by atoms with van der Waals surface area (Å²) in [4.78, 5) is 18.5. The lowest BCUT2D eigenvalue weighted by Gasteiger charge is -2.14. The fourth-order valence-electron chi connectivity index (χ4n) is 3.61. The van der Waals surface area contributed by atoms with E-state index in [-0.39, 0.29) is 11.9 Å². The first-order chi connectivity index (χ1) is 14.6. The number of imidazole rings is 1. The molecule has 0 saturated heterocycles. The Morgan fingerprint density at radius 2 is 1.80 bits per heavy atom. The van der Waals surface area contributed by atoms with Crippen LogP contribution >= 0.6 is 11.3 Å². The van der Waals surface area contributed by atoms with Crippen molar-refractivity contribution in [3.05, 3.63) is 95.7 Å². The summed E-state index contributed by atoms with van der Waals surface area (Å²) in [5.41, 5.74) is 6.11. The molecule has 4 nitrogen and oxygen atoms in total. The molecule has 0 bridgehead atoms. The van der Waals surface area contributed by atoms with E-state index in [4.69, 9.17) is 4.98 Å². The normalized spacial score (nSPS) is 12.3. The maximum atomic E-state index is 12.8. The molecule has 0 saturated carbocycles. The molecule has 5 heteroatoms. The summed E-state index contributed by atoms with van der Waals surface area (Å²) in [7, 11) is 0. The Balaban J connectivity index is 1.43. The predicted octanol–water partition coefficient (Wildman–Crippen LogP) is 6.02. The topological polar surface area (TPSA) is 46.4 Å². The number of nitrogens with one attached hydrogen (secondary N) is 1. The van der Waals surface area contributed by atoms with E-state index in [0.717, 1.165) is 32.0 Å². The third-order valence-electron chi connectivity index (χ3n) is 5.35. The van der Waals surface area contributed by atoms with Crippen LogP contribution in [0.1, 0.15) is 34.5 Å². The van der Waals surface area contributed by atoms with Crippen LogP contribution < -0.4 is 5.32 Å². The Kier molecular flexibility index (Phi) is 4.60. The summed E-state index contributed by atoms with van der Waals surface area (Å²) in [6.45, 7) is 4.08. The molecule has 5 rings (SSSR count). The Hall–Kier alpha value is -3.44. The highest BCUT2D eigenvalue weighted by Gasteiger charge is 2.15. The molecular formula is C25H21N3OS. The van der Waals surface area contributed by atoms with Gasteiger partial charge in [-0.1, -0.05) is 71.5 Å². The fourth-order valence-corrected chi connectivity index (χ4v) is 4.66. The highest BCUT2D eigenvalue weighted by molar-refractivity contribution is 7.23. The van der Waals surface area contributed by atoms with Gasteiger partial charge in [0, 0.05) is 17.3 Å². The van der Waals surface area contributed by atoms with Crippen LogP contribution in [0.4, 0.5) is 0 Å². The van der Waals surface area contributed by atoms with Crippen molar-refractivity contribution in [1.29, 1.82) is 0 Å². The van der Waals surface area contributed by atoms with Gasteiger partial charge in [0.05, 0.1) is 22.0 Å². The van der Waals surface area contributed by atoms with Gasteiger partial charge in [0.15, 0.2) is 4.96 Å². The van der Waals surface area contributed by atoms with Crippen LogP contribution in [0.3, 0.4) is 0 Å². The van der Waals surface area contributed by atoms with Crippen LogP contribution in [0.15, 0.2) is 79.0 Å². The number of carbonyl (C=O) groups excluding carboxylic acids is 1. The first-order valence-electron chi connectivity index (χ1n) is 9.93. The van der Waals surface area contributed by atoms with E-state index in [2.05, 4.69) is 47.1 Å². The van der Waals surface area contributed by atoms with Crippen molar-refractivity contribution >= 4 is 32.4 Å². The van der Waals surface area contributed by atoms with Crippen molar-refractivity contribution in [2.45, 2.75) is 19.9 Å². The number of nitrogens with zero attached hydrogens (tertiary/aromatic N) is 2. The Morgan fingerprint density at radius 3 is 2.57 bits per heavy atom. The van der Waals surface area contributed by atoms with E-state index in [1.54, 1.807) is 11.3 Å². The third kappa shape index (κ3) is 3.37. The lowest BCUT2D eigenvalue weighted by Crippen LogP contribution is -2.26. The molecule has 0 aliphatic heterocycles. The molecule has 1 unspecified atom stereocenters. The summed E-state index contributed by atoms with van der Waals surface area (Å²) >= 11 is 1.60. The number of amides is 1. The summed E-state index contributed by atoms with van der Waals surface area (Å²) in [5.74, 6) is -0.0698. The monoisotopic (exact) mass is 411 g/mol. The van der Waals surface area contributed by atoms with Gasteiger partial charge < -0.3 is 5.32 Å². The molecule has 1 atom stereocenters. The number of carbonyl (C=O) groups is 1. The van der Waals surface area contributed by atoms with Gasteiger partial charge in [-0.05, 0) is 37.6 Å². The molecule has 0 spiro atoms. The standard InChI is InChI=1S/C25H21N3OS/c1-16-8-10-19(11-9-16)21-15-28-22-13-12-20(14-23(22)30-25(28)27-21)24(29)26-17(2)18-6-4-3-5-7-18/h3-15,17H,1-2H3,(H,26,29). The molecular weight excluding hydrogens is 390 g/mol. The third-order valence-corrected chi connectivity index (χ3v) is 6.37. The zero-order valence-corrected chi connectivity index (χ0v) is 17.6. The van der Waals surface area contributed by atoms with Crippen molar-refractivity contribution < 1.29 is 4.79 Å². The van der Waals surface area contributed by atoms with E-state index in [0.29, 0.717) is 5.56 Å². The molecule has 148 valence electrons. The van der Waals surface area contributed by atoms with Gasteiger partial charge >= 0.3 is 0 Å². The van der Waals surface area contributed by atoms with Crippen LogP contribution in [0.5, 0.6) is 0 Å². The Bertz CT molecular complexity index is 1350. The van der Waals surface area contributed by atoms with Crippen LogP contribution in [0, 0.1) is 6.92 Å². The Labute approximate surface area is 178 Å². The second-order valence-electron chi connectivity index (χ2n) is 7.54. The molecule has 0 aliphatic rings. The quantitative estimate of drug-likeness (QED) is 0.393. The average Bonchev–Trinajstić information content (AvgIpc) is 3.32. The summed E-state index contributed by atoms with van der Waals surface area (Å²) in [6, 6.07) is 24.2. The molecule has 0 fully saturated rings. The van der Waals surface area contributed by atoms with E-state index in [9.17, 15) is 4.79 Å². The number of fused-ring (bicyclic) bond motifs is 3. The maximum absolute atomic E-state index is 12.8. The van der Waals surface area contributed by atoms with E-state index >= 15 is 0 Å². The van der Waals surface area contributed by atoms with Gasteiger partial charge in [0.2, 0.25) is 0 Å². The lowest BCUT2D eigenvalue weighted by molar-refractivity contribution is 0.0940. The second-order valence-corrected chi connectivity index (χ2v) is 8.54. The number of hydrogen-bond acceptors (Lipinski definition) is 3. The lowest BCUT2D eigenvalue weighted by atomic mass is 10.1. The van der Waals surface area contributed by atoms with Gasteiger partial charge in [0.1, 0.15) is 0 Å². The smallest absolute Gasteiger partial charge is 0.251 e. The average molecular weight is 412 g/mol. The SMILES string of the molecule is Cc1ccc(-c2cn3c(n2)sc2cc(C(=O)NC(C)c4ccccc4)ccc23)cc1. The van der Waals surface area contributed by atoms with Crippen LogP contribution in [0.2, 0.25) is 0 Å². The number of aromatic nitrogens is 2. The Morgan fingerprint density at radius 1 is 1.03 bits per heavy atom. The molecule has 2 heterocycles. The highest BCUT2D eigenvalue weighted by atomic mass is 32.1. The van der Waals surface area contributed by atoms with Crippen LogP contribution in [0.25, 0.3) is 26.4 Å². The summed E-state index contributed by atoms with van der Waals surface area (Å²) in [6.07, 6.45) is 2.07. The number of rotatable bonds is 4. The largest absolute Gasteiger partial charge is 0.346 e. The van der Waals surface area contributed by atoms with E-state index in [1.807, 2.05) is 55.5 Å². The van der Waals surface area contributed by atoms with Gasteiger partial charge in [-0.25, -0.2) is 4.98 Å². The van der Waals surface area contributed by atoms with Crippen molar-refractivity contribution in [1.82, 2.24) is 14.7 Å². The number of benzene rings is 3. The van der Waals surface area contributed by atoms with Gasteiger partial charge in [-0.15, -0.1) is 0 Å². The van der Waals surface area contributed by atoms with Crippen molar-refractivity contribution in [3.63, 3.8) is 0 Å². The van der Waals surface area contributed by atoms with Crippen LogP contribution in [-0.4, -0.2) is 15.3 Å². The van der Waals surface area contributed by atoms with Crippen molar-refractivity contribution in [2.24, 2.45) is 0 Å². The van der Waals surface area contributed by atoms with Crippen molar-refractivity contribution in [2.75, 3.05) is 0 Å². The maximum Gasteiger partial charge on any atom is 0.251 e. The van der Waals surface area contributed by atoms with Gasteiger partial charge in [-0.2, -0.15) is 0 Å². The minimum Gasteiger partial charge on any atom is -0.346 e. The molecule has 1 N–H and O–H groups in total. The first kappa shape index (κ1) is 18.6. The number of thiazole rings is 1. The minimum absolute atomic E-state index is 0.0490. The fraction of sp³-hybridized carbons (Fsp3) is 0.120. The first-order valence-corrected chi connectivity index (χ1v) is 10.7. The van der Waals surface area contributed by atoms with Gasteiger partial charge in [-0.3, -0.25) is 9.20 Å². The molecule has 1 amide bonds. The molecule has 3 aromatic carbocycles. The zero-order chi connectivity index (χ0) is 20.7. The second kappa shape index (κ2) is 7.43. The zero-order valence-electron chi connectivity index (χ0n) is 16.8. The van der Waals surface area contributed by atoms with E-state index < -0.39 is 0 Å². The molecule has 0 aliphatic carbocycles.